The second kappa shape index (κ2) is 12.9. The third-order valence-corrected chi connectivity index (χ3v) is 6.25. The molecule has 2 amide bonds. The third-order valence-electron chi connectivity index (χ3n) is 4.70. The van der Waals surface area contributed by atoms with E-state index in [0.717, 1.165) is 17.5 Å². The molecule has 0 unspecified atom stereocenters. The average Bonchev–Trinajstić information content (AvgIpc) is 2.74. The van der Waals surface area contributed by atoms with Gasteiger partial charge in [0, 0.05) is 28.9 Å². The molecule has 0 aliphatic heterocycles. The molecule has 0 aliphatic rings. The van der Waals surface area contributed by atoms with E-state index in [1.807, 2.05) is 43.3 Å². The quantitative estimate of drug-likeness (QED) is 0.494. The molecule has 0 spiro atoms. The molecule has 2 aromatic rings. The largest absolute Gasteiger partial charge is 0.354 e. The molecule has 0 fully saturated rings. The molecule has 1 N–H and O–H groups in total. The molecule has 4 nitrogen and oxygen atoms in total. The van der Waals surface area contributed by atoms with Crippen molar-refractivity contribution in [1.29, 1.82) is 0 Å². The van der Waals surface area contributed by atoms with Crippen molar-refractivity contribution in [1.82, 2.24) is 10.2 Å². The highest BCUT2D eigenvalue weighted by molar-refractivity contribution is 7.99. The highest BCUT2D eigenvalue weighted by atomic mass is 35.5. The lowest BCUT2D eigenvalue weighted by Crippen LogP contribution is -2.49. The van der Waals surface area contributed by atoms with Crippen LogP contribution in [0, 0.1) is 0 Å². The van der Waals surface area contributed by atoms with Gasteiger partial charge in [0.2, 0.25) is 11.8 Å². The summed E-state index contributed by atoms with van der Waals surface area (Å²) in [7, 11) is 0. The summed E-state index contributed by atoms with van der Waals surface area (Å²) in [5.41, 5.74) is 2.07. The van der Waals surface area contributed by atoms with Gasteiger partial charge >= 0.3 is 0 Å². The molecule has 0 aliphatic carbocycles. The van der Waals surface area contributed by atoms with Crippen LogP contribution < -0.4 is 5.32 Å². The first-order valence-corrected chi connectivity index (χ1v) is 12.0. The van der Waals surface area contributed by atoms with Crippen LogP contribution in [0.2, 0.25) is 10.0 Å². The monoisotopic (exact) mass is 466 g/mol. The average molecular weight is 467 g/mol. The summed E-state index contributed by atoms with van der Waals surface area (Å²) in [5.74, 6) is 0.702. The van der Waals surface area contributed by atoms with Crippen LogP contribution in [-0.2, 0) is 21.8 Å². The van der Waals surface area contributed by atoms with Gasteiger partial charge in [0.15, 0.2) is 0 Å². The second-order valence-electron chi connectivity index (χ2n) is 7.02. The molecule has 0 radical (unpaired) electrons. The van der Waals surface area contributed by atoms with Gasteiger partial charge in [-0.25, -0.2) is 0 Å². The lowest BCUT2D eigenvalue weighted by atomic mass is 10.1. The molecule has 0 saturated carbocycles. The Morgan fingerprint density at radius 1 is 1.13 bits per heavy atom. The lowest BCUT2D eigenvalue weighted by Gasteiger charge is -2.28. The molecule has 0 heterocycles. The van der Waals surface area contributed by atoms with Crippen molar-refractivity contribution in [3.8, 4) is 0 Å². The van der Waals surface area contributed by atoms with Crippen LogP contribution in [0.15, 0.2) is 48.5 Å². The Morgan fingerprint density at radius 2 is 1.87 bits per heavy atom. The van der Waals surface area contributed by atoms with Crippen molar-refractivity contribution in [2.45, 2.75) is 38.5 Å². The number of rotatable bonds is 11. The zero-order valence-corrected chi connectivity index (χ0v) is 19.7. The van der Waals surface area contributed by atoms with E-state index in [-0.39, 0.29) is 17.6 Å². The second-order valence-corrected chi connectivity index (χ2v) is 8.85. The van der Waals surface area contributed by atoms with Crippen molar-refractivity contribution >= 4 is 46.8 Å². The van der Waals surface area contributed by atoms with Crippen molar-refractivity contribution in [3.05, 3.63) is 69.7 Å². The Labute approximate surface area is 193 Å². The van der Waals surface area contributed by atoms with Gasteiger partial charge in [-0.1, -0.05) is 66.5 Å². The van der Waals surface area contributed by atoms with Crippen LogP contribution in [0.3, 0.4) is 0 Å². The minimum absolute atomic E-state index is 0.0554. The fourth-order valence-corrected chi connectivity index (χ4v) is 4.40. The predicted molar refractivity (Wildman–Crippen MR) is 127 cm³/mol. The number of benzene rings is 2. The Morgan fingerprint density at radius 3 is 2.53 bits per heavy atom. The molecule has 7 heteroatoms. The highest BCUT2D eigenvalue weighted by Gasteiger charge is 2.25. The maximum Gasteiger partial charge on any atom is 0.242 e. The lowest BCUT2D eigenvalue weighted by molar-refractivity contribution is -0.137. The van der Waals surface area contributed by atoms with Crippen molar-refractivity contribution in [3.63, 3.8) is 0 Å². The SMILES string of the molecule is CCCNC(=O)[C@@H](C)N(CCc1ccccc1)C(=O)CSCc1ccc(Cl)cc1Cl. The van der Waals surface area contributed by atoms with E-state index >= 15 is 0 Å². The van der Waals surface area contributed by atoms with Gasteiger partial charge in [-0.3, -0.25) is 9.59 Å². The predicted octanol–water partition coefficient (Wildman–Crippen LogP) is 5.21. The van der Waals surface area contributed by atoms with Gasteiger partial charge in [-0.05, 0) is 43.0 Å². The van der Waals surface area contributed by atoms with Crippen LogP contribution in [-0.4, -0.2) is 41.6 Å². The fourth-order valence-electron chi connectivity index (χ4n) is 2.94. The van der Waals surface area contributed by atoms with Crippen molar-refractivity contribution < 1.29 is 9.59 Å². The summed E-state index contributed by atoms with van der Waals surface area (Å²) in [4.78, 5) is 27.1. The minimum Gasteiger partial charge on any atom is -0.354 e. The number of carbonyl (C=O) groups excluding carboxylic acids is 2. The Balaban J connectivity index is 1.99. The molecule has 2 aromatic carbocycles. The number of thioether (sulfide) groups is 1. The maximum absolute atomic E-state index is 13.0. The van der Waals surface area contributed by atoms with E-state index in [1.165, 1.54) is 11.8 Å². The molecule has 0 aromatic heterocycles. The molecule has 0 saturated heterocycles. The summed E-state index contributed by atoms with van der Waals surface area (Å²) in [6, 6.07) is 14.8. The fraction of sp³-hybridized carbons (Fsp3) is 0.391. The first-order valence-electron chi connectivity index (χ1n) is 10.0. The van der Waals surface area contributed by atoms with E-state index < -0.39 is 6.04 Å². The first kappa shape index (κ1) is 24.6. The Kier molecular flexibility index (Phi) is 10.6. The summed E-state index contributed by atoms with van der Waals surface area (Å²) in [6.45, 7) is 4.88. The maximum atomic E-state index is 13.0. The van der Waals surface area contributed by atoms with E-state index in [4.69, 9.17) is 23.2 Å². The molecule has 162 valence electrons. The molecule has 0 bridgehead atoms. The van der Waals surface area contributed by atoms with Gasteiger partial charge < -0.3 is 10.2 Å². The van der Waals surface area contributed by atoms with Crippen LogP contribution in [0.25, 0.3) is 0 Å². The van der Waals surface area contributed by atoms with E-state index in [1.54, 1.807) is 24.0 Å². The van der Waals surface area contributed by atoms with Gasteiger partial charge in [-0.2, -0.15) is 0 Å². The molecular formula is C23H28Cl2N2O2S. The van der Waals surface area contributed by atoms with Crippen molar-refractivity contribution in [2.24, 2.45) is 0 Å². The third kappa shape index (κ3) is 7.86. The van der Waals surface area contributed by atoms with Crippen LogP contribution in [0.1, 0.15) is 31.4 Å². The number of amides is 2. The normalized spacial score (nSPS) is 11.7. The summed E-state index contributed by atoms with van der Waals surface area (Å²) in [5, 5.41) is 4.07. The highest BCUT2D eigenvalue weighted by Crippen LogP contribution is 2.25. The summed E-state index contributed by atoms with van der Waals surface area (Å²) < 4.78 is 0. The van der Waals surface area contributed by atoms with Gasteiger partial charge in [-0.15, -0.1) is 11.8 Å². The Hall–Kier alpha value is -1.69. The number of nitrogens with one attached hydrogen (secondary N) is 1. The van der Waals surface area contributed by atoms with E-state index in [9.17, 15) is 9.59 Å². The molecular weight excluding hydrogens is 439 g/mol. The van der Waals surface area contributed by atoms with Crippen LogP contribution in [0.5, 0.6) is 0 Å². The number of nitrogens with zero attached hydrogens (tertiary/aromatic N) is 1. The minimum atomic E-state index is -0.521. The number of hydrogen-bond acceptors (Lipinski definition) is 3. The van der Waals surface area contributed by atoms with Gasteiger partial charge in [0.05, 0.1) is 5.75 Å². The zero-order chi connectivity index (χ0) is 21.9. The van der Waals surface area contributed by atoms with Gasteiger partial charge in [0.25, 0.3) is 0 Å². The number of carbonyl (C=O) groups is 2. The number of halogens is 2. The summed E-state index contributed by atoms with van der Waals surface area (Å²) >= 11 is 13.6. The van der Waals surface area contributed by atoms with Crippen LogP contribution in [0.4, 0.5) is 0 Å². The topological polar surface area (TPSA) is 49.4 Å². The molecule has 30 heavy (non-hydrogen) atoms. The first-order chi connectivity index (χ1) is 14.4. The zero-order valence-electron chi connectivity index (χ0n) is 17.4. The summed E-state index contributed by atoms with van der Waals surface area (Å²) in [6.07, 6.45) is 1.56. The smallest absolute Gasteiger partial charge is 0.242 e. The molecule has 2 rings (SSSR count). The standard InChI is InChI=1S/C23H28Cl2N2O2S/c1-3-12-26-23(29)17(2)27(13-11-18-7-5-4-6-8-18)22(28)16-30-15-19-9-10-20(24)14-21(19)25/h4-10,14,17H,3,11-13,15-16H2,1-2H3,(H,26,29)/t17-/m1/s1. The van der Waals surface area contributed by atoms with E-state index in [0.29, 0.717) is 35.3 Å². The Bertz CT molecular complexity index is 833. The van der Waals surface area contributed by atoms with Gasteiger partial charge in [0.1, 0.15) is 6.04 Å². The van der Waals surface area contributed by atoms with Crippen molar-refractivity contribution in [2.75, 3.05) is 18.8 Å². The number of hydrogen-bond donors (Lipinski definition) is 1. The van der Waals surface area contributed by atoms with E-state index in [2.05, 4.69) is 5.32 Å². The molecule has 1 atom stereocenters. The van der Waals surface area contributed by atoms with Crippen LogP contribution >= 0.6 is 35.0 Å².